The number of oxazole rings is 1. The van der Waals surface area contributed by atoms with E-state index in [1.807, 2.05) is 6.07 Å². The average Bonchev–Trinajstić information content (AvgIpc) is 3.19. The number of nitrogens with one attached hydrogen (secondary N) is 1. The quantitative estimate of drug-likeness (QED) is 0.573. The lowest BCUT2D eigenvalue weighted by molar-refractivity contribution is -0.116. The normalized spacial score (nSPS) is 11.0. The lowest BCUT2D eigenvalue weighted by atomic mass is 10.1. The van der Waals surface area contributed by atoms with Crippen molar-refractivity contribution in [1.82, 2.24) is 9.55 Å². The molecule has 0 saturated heterocycles. The molecule has 0 unspecified atom stereocenters. The number of nitrogens with zero attached hydrogens (tertiary/aromatic N) is 2. The third-order valence-corrected chi connectivity index (χ3v) is 4.86. The van der Waals surface area contributed by atoms with Gasteiger partial charge in [0.05, 0.1) is 5.52 Å². The van der Waals surface area contributed by atoms with Crippen LogP contribution in [-0.2, 0) is 17.8 Å². The minimum Gasteiger partial charge on any atom is -0.408 e. The number of hydrogen-bond acceptors (Lipinski definition) is 5. The Labute approximate surface area is 156 Å². The van der Waals surface area contributed by atoms with Gasteiger partial charge in [-0.15, -0.1) is 11.3 Å². The average molecular weight is 383 g/mol. The predicted molar refractivity (Wildman–Crippen MR) is 100 cm³/mol. The van der Waals surface area contributed by atoms with E-state index in [9.17, 15) is 14.0 Å². The van der Waals surface area contributed by atoms with Crippen LogP contribution in [0.2, 0.25) is 0 Å². The highest BCUT2D eigenvalue weighted by molar-refractivity contribution is 7.15. The number of aromatic nitrogens is 2. The van der Waals surface area contributed by atoms with Gasteiger partial charge in [0.1, 0.15) is 12.4 Å². The van der Waals surface area contributed by atoms with Crippen molar-refractivity contribution in [3.05, 3.63) is 81.5 Å². The van der Waals surface area contributed by atoms with Crippen molar-refractivity contribution < 1.29 is 13.6 Å². The zero-order chi connectivity index (χ0) is 18.8. The molecule has 0 aliphatic heterocycles. The van der Waals surface area contributed by atoms with Crippen molar-refractivity contribution in [2.24, 2.45) is 0 Å². The fourth-order valence-corrected chi connectivity index (χ4v) is 3.62. The number of carbonyl (C=O) groups is 1. The van der Waals surface area contributed by atoms with Crippen molar-refractivity contribution in [3.8, 4) is 0 Å². The molecule has 8 heteroatoms. The summed E-state index contributed by atoms with van der Waals surface area (Å²) in [4.78, 5) is 29.3. The largest absolute Gasteiger partial charge is 0.420 e. The van der Waals surface area contributed by atoms with Crippen molar-refractivity contribution in [1.29, 1.82) is 0 Å². The maximum Gasteiger partial charge on any atom is 0.420 e. The van der Waals surface area contributed by atoms with Crippen molar-refractivity contribution in [3.63, 3.8) is 0 Å². The van der Waals surface area contributed by atoms with Gasteiger partial charge in [-0.2, -0.15) is 0 Å². The molecule has 2 aromatic carbocycles. The first-order chi connectivity index (χ1) is 13.1. The second-order valence-corrected chi connectivity index (χ2v) is 7.02. The van der Waals surface area contributed by atoms with Crippen molar-refractivity contribution >= 4 is 33.5 Å². The molecule has 1 amide bonds. The standard InChI is InChI=1S/C19H14FN3O3S/c20-13-5-3-4-12(8-13)9-14-10-21-18(27-14)22-17(24)11-23-15-6-1-2-7-16(15)26-19(23)25/h1-8,10H,9,11H2,(H,21,22,24). The first-order valence-electron chi connectivity index (χ1n) is 8.16. The number of benzene rings is 2. The zero-order valence-corrected chi connectivity index (χ0v) is 14.8. The van der Waals surface area contributed by atoms with Crippen molar-refractivity contribution in [2.45, 2.75) is 13.0 Å². The van der Waals surface area contributed by atoms with E-state index in [0.29, 0.717) is 22.7 Å². The highest BCUT2D eigenvalue weighted by atomic mass is 32.1. The van der Waals surface area contributed by atoms with Gasteiger partial charge in [-0.1, -0.05) is 24.3 Å². The summed E-state index contributed by atoms with van der Waals surface area (Å²) in [6.45, 7) is -0.172. The molecule has 2 heterocycles. The van der Waals surface area contributed by atoms with E-state index in [1.54, 1.807) is 36.5 Å². The Kier molecular flexibility index (Phi) is 4.55. The van der Waals surface area contributed by atoms with E-state index in [1.165, 1.54) is 28.0 Å². The Hall–Kier alpha value is -3.26. The van der Waals surface area contributed by atoms with Gasteiger partial charge in [0.25, 0.3) is 0 Å². The number of para-hydroxylation sites is 2. The van der Waals surface area contributed by atoms with Gasteiger partial charge in [-0.25, -0.2) is 14.2 Å². The van der Waals surface area contributed by atoms with Crippen LogP contribution in [0.1, 0.15) is 10.4 Å². The van der Waals surface area contributed by atoms with Gasteiger partial charge in [0.15, 0.2) is 10.7 Å². The Morgan fingerprint density at radius 2 is 2.07 bits per heavy atom. The number of thiazole rings is 1. The van der Waals surface area contributed by atoms with E-state index in [0.717, 1.165) is 10.4 Å². The fraction of sp³-hybridized carbons (Fsp3) is 0.105. The third-order valence-electron chi connectivity index (χ3n) is 3.94. The number of halogens is 1. The van der Waals surface area contributed by atoms with Gasteiger partial charge < -0.3 is 9.73 Å². The number of fused-ring (bicyclic) bond motifs is 1. The van der Waals surface area contributed by atoms with Crippen LogP contribution < -0.4 is 11.1 Å². The number of amides is 1. The minimum absolute atomic E-state index is 0.172. The van der Waals surface area contributed by atoms with E-state index in [2.05, 4.69) is 10.3 Å². The maximum absolute atomic E-state index is 13.3. The van der Waals surface area contributed by atoms with Gasteiger partial charge in [0, 0.05) is 17.5 Å². The lowest BCUT2D eigenvalue weighted by Crippen LogP contribution is -2.24. The molecule has 0 aliphatic carbocycles. The van der Waals surface area contributed by atoms with E-state index >= 15 is 0 Å². The number of carbonyl (C=O) groups excluding carboxylic acids is 1. The monoisotopic (exact) mass is 383 g/mol. The Bertz CT molecular complexity index is 1180. The van der Waals surface area contributed by atoms with Crippen LogP contribution in [0.15, 0.2) is 63.9 Å². The second kappa shape index (κ2) is 7.16. The molecule has 0 fully saturated rings. The van der Waals surface area contributed by atoms with E-state index in [4.69, 9.17) is 4.42 Å². The number of hydrogen-bond donors (Lipinski definition) is 1. The fourth-order valence-electron chi connectivity index (χ4n) is 2.76. The molecular formula is C19H14FN3O3S. The molecule has 136 valence electrons. The topological polar surface area (TPSA) is 77.1 Å². The minimum atomic E-state index is -0.586. The summed E-state index contributed by atoms with van der Waals surface area (Å²) in [5.74, 6) is -1.25. The summed E-state index contributed by atoms with van der Waals surface area (Å²) in [7, 11) is 0. The third kappa shape index (κ3) is 3.80. The summed E-state index contributed by atoms with van der Waals surface area (Å²) >= 11 is 1.31. The predicted octanol–water partition coefficient (Wildman–Crippen LogP) is 3.42. The highest BCUT2D eigenvalue weighted by Crippen LogP contribution is 2.21. The number of anilines is 1. The molecule has 0 aliphatic rings. The van der Waals surface area contributed by atoms with Gasteiger partial charge >= 0.3 is 5.76 Å². The molecule has 0 radical (unpaired) electrons. The van der Waals surface area contributed by atoms with Crippen LogP contribution in [-0.4, -0.2) is 15.5 Å². The zero-order valence-electron chi connectivity index (χ0n) is 14.0. The summed E-state index contributed by atoms with van der Waals surface area (Å²) < 4.78 is 19.7. The second-order valence-electron chi connectivity index (χ2n) is 5.91. The summed E-state index contributed by atoms with van der Waals surface area (Å²) in [5.41, 5.74) is 1.82. The first-order valence-corrected chi connectivity index (χ1v) is 8.97. The Morgan fingerprint density at radius 3 is 2.93 bits per heavy atom. The number of rotatable bonds is 5. The molecule has 0 atom stereocenters. The molecule has 1 N–H and O–H groups in total. The van der Waals surface area contributed by atoms with E-state index in [-0.39, 0.29) is 18.3 Å². The van der Waals surface area contributed by atoms with Crippen LogP contribution in [0.25, 0.3) is 11.1 Å². The summed E-state index contributed by atoms with van der Waals surface area (Å²) in [6.07, 6.45) is 2.17. The molecule has 4 rings (SSSR count). The maximum atomic E-state index is 13.3. The molecule has 2 aromatic heterocycles. The summed E-state index contributed by atoms with van der Waals surface area (Å²) in [6, 6.07) is 13.3. The Balaban J connectivity index is 1.45. The lowest BCUT2D eigenvalue weighted by Gasteiger charge is -2.02. The molecule has 6 nitrogen and oxygen atoms in total. The Morgan fingerprint density at radius 1 is 1.22 bits per heavy atom. The van der Waals surface area contributed by atoms with Crippen LogP contribution in [0, 0.1) is 5.82 Å². The molecule has 0 bridgehead atoms. The van der Waals surface area contributed by atoms with Crippen LogP contribution in [0.5, 0.6) is 0 Å². The smallest absolute Gasteiger partial charge is 0.408 e. The molecule has 4 aromatic rings. The van der Waals surface area contributed by atoms with Gasteiger partial charge in [0.2, 0.25) is 5.91 Å². The molecular weight excluding hydrogens is 369 g/mol. The summed E-state index contributed by atoms with van der Waals surface area (Å²) in [5, 5.41) is 3.11. The molecule has 27 heavy (non-hydrogen) atoms. The van der Waals surface area contributed by atoms with E-state index < -0.39 is 5.76 Å². The highest BCUT2D eigenvalue weighted by Gasteiger charge is 2.13. The molecule has 0 saturated carbocycles. The SMILES string of the molecule is O=C(Cn1c(=O)oc2ccccc21)Nc1ncc(Cc2cccc(F)c2)s1. The van der Waals surface area contributed by atoms with Gasteiger partial charge in [-0.3, -0.25) is 9.36 Å². The van der Waals surface area contributed by atoms with Crippen LogP contribution in [0.3, 0.4) is 0 Å². The molecule has 0 spiro atoms. The van der Waals surface area contributed by atoms with Crippen molar-refractivity contribution in [2.75, 3.05) is 5.32 Å². The van der Waals surface area contributed by atoms with Crippen LogP contribution >= 0.6 is 11.3 Å². The van der Waals surface area contributed by atoms with Crippen LogP contribution in [0.4, 0.5) is 9.52 Å². The first kappa shape index (κ1) is 17.2. The van der Waals surface area contributed by atoms with Gasteiger partial charge in [-0.05, 0) is 29.8 Å².